The lowest BCUT2D eigenvalue weighted by Gasteiger charge is -2.36. The van der Waals surface area contributed by atoms with Crippen molar-refractivity contribution in [2.24, 2.45) is 0 Å². The monoisotopic (exact) mass is 488 g/mol. The first kappa shape index (κ1) is 24.1. The van der Waals surface area contributed by atoms with Crippen molar-refractivity contribution in [2.45, 2.75) is 49.5 Å². The molecule has 0 bridgehead atoms. The third-order valence-corrected chi connectivity index (χ3v) is 6.96. The third-order valence-electron chi connectivity index (χ3n) is 5.98. The summed E-state index contributed by atoms with van der Waals surface area (Å²) in [5, 5.41) is 3.82. The molecule has 8 heteroatoms. The van der Waals surface area contributed by atoms with Crippen LogP contribution in [0.4, 0.5) is 18.4 Å². The average Bonchev–Trinajstić information content (AvgIpc) is 3.18. The van der Waals surface area contributed by atoms with E-state index in [1.807, 2.05) is 24.0 Å². The topological polar surface area (TPSA) is 15.3 Å². The Morgan fingerprint density at radius 1 is 1.23 bits per heavy atom. The van der Waals surface area contributed by atoms with Crippen molar-refractivity contribution < 1.29 is 12.7 Å². The molecule has 0 radical (unpaired) electrons. The Hall–Kier alpha value is -1.50. The summed E-state index contributed by atoms with van der Waals surface area (Å²) in [6, 6.07) is 10.0. The fourth-order valence-corrected chi connectivity index (χ4v) is 4.94. The van der Waals surface area contributed by atoms with Crippen LogP contribution in [-0.2, 0) is 12.0 Å². The Morgan fingerprint density at radius 3 is 2.48 bits per heavy atom. The number of anilines is 1. The molecule has 1 saturated heterocycles. The summed E-state index contributed by atoms with van der Waals surface area (Å²) < 4.78 is 43.5. The van der Waals surface area contributed by atoms with E-state index in [9.17, 15) is 12.7 Å². The standard InChI is InChI=1S/C23H25Cl2F3N2S/c1-4-15(2)29-13-16-5-6-20(12-21(16)31-28)30-8-7-23(14-30,22(3,26)27)17-9-18(24)11-19(25)10-17/h5-6,9-12,29H,2,4,7-8,13-14H2,1,3H3. The molecule has 1 N–H and O–H groups in total. The second-order valence-electron chi connectivity index (χ2n) is 7.98. The van der Waals surface area contributed by atoms with Crippen LogP contribution in [-0.4, -0.2) is 19.0 Å². The zero-order valence-corrected chi connectivity index (χ0v) is 19.8. The van der Waals surface area contributed by atoms with Gasteiger partial charge in [0, 0.05) is 52.9 Å². The van der Waals surface area contributed by atoms with E-state index in [0.29, 0.717) is 39.3 Å². The summed E-state index contributed by atoms with van der Waals surface area (Å²) in [5.74, 6) is -3.00. The fraction of sp³-hybridized carbons (Fsp3) is 0.391. The maximum absolute atomic E-state index is 14.9. The molecule has 3 rings (SSSR count). The number of benzene rings is 2. The highest BCUT2D eigenvalue weighted by Crippen LogP contribution is 2.48. The van der Waals surface area contributed by atoms with Crippen molar-refractivity contribution in [1.29, 1.82) is 0 Å². The van der Waals surface area contributed by atoms with Gasteiger partial charge in [0.1, 0.15) is 0 Å². The lowest BCUT2D eigenvalue weighted by atomic mass is 9.74. The summed E-state index contributed by atoms with van der Waals surface area (Å²) in [6.07, 6.45) is 1.01. The van der Waals surface area contributed by atoms with Gasteiger partial charge in [0.05, 0.1) is 17.6 Å². The SMILES string of the molecule is C=C(CC)NCc1ccc(N2CCC(c3cc(Cl)cc(Cl)c3)(C(C)(F)F)C2)cc1SF. The van der Waals surface area contributed by atoms with E-state index in [1.165, 1.54) is 6.07 Å². The molecule has 1 fully saturated rings. The quantitative estimate of drug-likeness (QED) is 0.408. The molecule has 168 valence electrons. The van der Waals surface area contributed by atoms with Crippen molar-refractivity contribution in [3.8, 4) is 0 Å². The molecule has 0 aliphatic carbocycles. The van der Waals surface area contributed by atoms with Gasteiger partial charge in [-0.3, -0.25) is 0 Å². The Kier molecular flexibility index (Phi) is 7.44. The van der Waals surface area contributed by atoms with Crippen LogP contribution in [0.1, 0.15) is 37.8 Å². The van der Waals surface area contributed by atoms with Crippen molar-refractivity contribution in [3.63, 3.8) is 0 Å². The molecule has 0 spiro atoms. The molecule has 0 amide bonds. The minimum Gasteiger partial charge on any atom is -0.385 e. The number of allylic oxidation sites excluding steroid dienone is 1. The Bertz CT molecular complexity index is 944. The molecule has 2 aromatic rings. The minimum absolute atomic E-state index is 0.0772. The van der Waals surface area contributed by atoms with E-state index in [2.05, 4.69) is 11.9 Å². The van der Waals surface area contributed by atoms with E-state index < -0.39 is 11.3 Å². The van der Waals surface area contributed by atoms with E-state index in [1.54, 1.807) is 18.2 Å². The molecule has 1 aliphatic rings. The zero-order valence-electron chi connectivity index (χ0n) is 17.5. The summed E-state index contributed by atoms with van der Waals surface area (Å²) >= 11 is 12.4. The second kappa shape index (κ2) is 9.55. The maximum Gasteiger partial charge on any atom is 0.256 e. The van der Waals surface area contributed by atoms with Gasteiger partial charge in [-0.05, 0) is 54.3 Å². The van der Waals surface area contributed by atoms with Gasteiger partial charge in [0.2, 0.25) is 0 Å². The zero-order chi connectivity index (χ0) is 22.8. The van der Waals surface area contributed by atoms with E-state index >= 15 is 0 Å². The second-order valence-corrected chi connectivity index (χ2v) is 9.45. The van der Waals surface area contributed by atoms with Crippen LogP contribution in [0.5, 0.6) is 0 Å². The molecule has 1 atom stereocenters. The van der Waals surface area contributed by atoms with Gasteiger partial charge in [-0.25, -0.2) is 8.78 Å². The Morgan fingerprint density at radius 2 is 1.90 bits per heavy atom. The third kappa shape index (κ3) is 5.12. The highest BCUT2D eigenvalue weighted by atomic mass is 35.5. The summed E-state index contributed by atoms with van der Waals surface area (Å²) in [6.45, 7) is 7.76. The van der Waals surface area contributed by atoms with Gasteiger partial charge in [-0.2, -0.15) is 3.89 Å². The molecule has 0 saturated carbocycles. The normalized spacial score (nSPS) is 19.0. The first-order valence-corrected chi connectivity index (χ1v) is 11.5. The first-order valence-electron chi connectivity index (χ1n) is 10.0. The lowest BCUT2D eigenvalue weighted by molar-refractivity contribution is -0.0533. The van der Waals surface area contributed by atoms with Crippen LogP contribution < -0.4 is 10.2 Å². The molecule has 2 nitrogen and oxygen atoms in total. The summed E-state index contributed by atoms with van der Waals surface area (Å²) in [5.41, 5.74) is 1.34. The predicted octanol–water partition coefficient (Wildman–Crippen LogP) is 7.79. The average molecular weight is 489 g/mol. The molecule has 1 heterocycles. The molecular weight excluding hydrogens is 464 g/mol. The molecule has 1 aliphatic heterocycles. The Balaban J connectivity index is 1.90. The van der Waals surface area contributed by atoms with E-state index in [0.717, 1.165) is 24.6 Å². The van der Waals surface area contributed by atoms with Gasteiger partial charge < -0.3 is 10.2 Å². The van der Waals surface area contributed by atoms with E-state index in [4.69, 9.17) is 23.2 Å². The fourth-order valence-electron chi connectivity index (χ4n) is 4.01. The van der Waals surface area contributed by atoms with Gasteiger partial charge in [-0.1, -0.05) is 42.8 Å². The van der Waals surface area contributed by atoms with Crippen molar-refractivity contribution >= 4 is 41.0 Å². The molecule has 2 aromatic carbocycles. The van der Waals surface area contributed by atoms with Crippen LogP contribution in [0, 0.1) is 0 Å². The smallest absolute Gasteiger partial charge is 0.256 e. The predicted molar refractivity (Wildman–Crippen MR) is 125 cm³/mol. The minimum atomic E-state index is -3.00. The number of nitrogens with zero attached hydrogens (tertiary/aromatic N) is 1. The summed E-state index contributed by atoms with van der Waals surface area (Å²) in [4.78, 5) is 2.33. The molecular formula is C23H25Cl2F3N2S. The van der Waals surface area contributed by atoms with Crippen LogP contribution in [0.25, 0.3) is 0 Å². The molecule has 31 heavy (non-hydrogen) atoms. The maximum atomic E-state index is 14.9. The van der Waals surface area contributed by atoms with Gasteiger partial charge in [0.25, 0.3) is 5.92 Å². The Labute approximate surface area is 196 Å². The molecule has 1 unspecified atom stereocenters. The number of nitrogens with one attached hydrogen (secondary N) is 1. The summed E-state index contributed by atoms with van der Waals surface area (Å²) in [7, 11) is 0. The lowest BCUT2D eigenvalue weighted by Crippen LogP contribution is -2.45. The number of hydrogen-bond donors (Lipinski definition) is 1. The number of halogens is 5. The van der Waals surface area contributed by atoms with Crippen LogP contribution in [0.3, 0.4) is 0 Å². The number of rotatable bonds is 8. The van der Waals surface area contributed by atoms with Gasteiger partial charge in [-0.15, -0.1) is 0 Å². The van der Waals surface area contributed by atoms with Crippen LogP contribution >= 0.6 is 35.3 Å². The first-order chi connectivity index (χ1) is 14.6. The van der Waals surface area contributed by atoms with Crippen molar-refractivity contribution in [2.75, 3.05) is 18.0 Å². The number of alkyl halides is 2. The van der Waals surface area contributed by atoms with Crippen molar-refractivity contribution in [1.82, 2.24) is 5.32 Å². The van der Waals surface area contributed by atoms with E-state index in [-0.39, 0.29) is 25.1 Å². The highest BCUT2D eigenvalue weighted by Gasteiger charge is 2.55. The number of hydrogen-bond acceptors (Lipinski definition) is 3. The van der Waals surface area contributed by atoms with Crippen LogP contribution in [0.2, 0.25) is 10.0 Å². The molecule has 0 aromatic heterocycles. The van der Waals surface area contributed by atoms with Gasteiger partial charge >= 0.3 is 0 Å². The van der Waals surface area contributed by atoms with Gasteiger partial charge in [0.15, 0.2) is 0 Å². The highest BCUT2D eigenvalue weighted by molar-refractivity contribution is 7.94. The van der Waals surface area contributed by atoms with Crippen LogP contribution in [0.15, 0.2) is 53.6 Å². The van der Waals surface area contributed by atoms with Crippen molar-refractivity contribution in [3.05, 3.63) is 69.8 Å². The largest absolute Gasteiger partial charge is 0.385 e.